The summed E-state index contributed by atoms with van der Waals surface area (Å²) in [6, 6.07) is 6.03. The second-order valence-corrected chi connectivity index (χ2v) is 5.41. The molecule has 1 aromatic carbocycles. The monoisotopic (exact) mass is 373 g/mol. The minimum absolute atomic E-state index is 0.647. The number of nitrogens with zero attached hydrogens (tertiary/aromatic N) is 2. The number of nitrogens with one attached hydrogen (secondary N) is 1. The third-order valence-corrected chi connectivity index (χ3v) is 3.53. The van der Waals surface area contributed by atoms with Gasteiger partial charge in [-0.2, -0.15) is 0 Å². The number of halogens is 2. The Labute approximate surface area is 123 Å². The van der Waals surface area contributed by atoms with Crippen LogP contribution in [0.15, 0.2) is 39.5 Å². The standard InChI is InChI=1S/C12H13Br2N3O/c1-18-7-5-16-12-15-4-6-17(12)11-3-2-9(13)8-10(11)14/h2-4,6,8H,5,7H2,1H3,(H,15,16). The maximum Gasteiger partial charge on any atom is 0.207 e. The van der Waals surface area contributed by atoms with E-state index in [1.54, 1.807) is 13.3 Å². The number of methoxy groups -OCH3 is 1. The Morgan fingerprint density at radius 2 is 2.22 bits per heavy atom. The van der Waals surface area contributed by atoms with Gasteiger partial charge in [0.15, 0.2) is 0 Å². The van der Waals surface area contributed by atoms with Crippen LogP contribution in [0.1, 0.15) is 0 Å². The summed E-state index contributed by atoms with van der Waals surface area (Å²) >= 11 is 7.00. The lowest BCUT2D eigenvalue weighted by Crippen LogP contribution is -2.11. The van der Waals surface area contributed by atoms with E-state index in [0.717, 1.165) is 27.1 Å². The van der Waals surface area contributed by atoms with Gasteiger partial charge in [-0.25, -0.2) is 4.98 Å². The summed E-state index contributed by atoms with van der Waals surface area (Å²) in [6.07, 6.45) is 3.69. The summed E-state index contributed by atoms with van der Waals surface area (Å²) in [5.74, 6) is 0.801. The van der Waals surface area contributed by atoms with Crippen molar-refractivity contribution in [1.29, 1.82) is 0 Å². The van der Waals surface area contributed by atoms with Crippen LogP contribution in [0.2, 0.25) is 0 Å². The molecule has 0 radical (unpaired) electrons. The summed E-state index contributed by atoms with van der Waals surface area (Å²) in [6.45, 7) is 1.37. The lowest BCUT2D eigenvalue weighted by atomic mass is 10.3. The molecule has 0 bridgehead atoms. The molecule has 1 N–H and O–H groups in total. The molecule has 0 saturated heterocycles. The minimum atomic E-state index is 0.647. The van der Waals surface area contributed by atoms with Gasteiger partial charge in [-0.3, -0.25) is 4.57 Å². The number of anilines is 1. The smallest absolute Gasteiger partial charge is 0.207 e. The molecule has 2 rings (SSSR count). The van der Waals surface area contributed by atoms with Crippen molar-refractivity contribution in [2.75, 3.05) is 25.6 Å². The summed E-state index contributed by atoms with van der Waals surface area (Å²) in [5.41, 5.74) is 1.04. The van der Waals surface area contributed by atoms with Gasteiger partial charge in [0.25, 0.3) is 0 Å². The van der Waals surface area contributed by atoms with E-state index in [-0.39, 0.29) is 0 Å². The second-order valence-electron chi connectivity index (χ2n) is 3.64. The summed E-state index contributed by atoms with van der Waals surface area (Å²) in [5, 5.41) is 3.23. The van der Waals surface area contributed by atoms with Gasteiger partial charge in [0.1, 0.15) is 0 Å². The maximum absolute atomic E-state index is 5.01. The van der Waals surface area contributed by atoms with E-state index in [1.807, 2.05) is 29.0 Å². The molecular weight excluding hydrogens is 362 g/mol. The van der Waals surface area contributed by atoms with E-state index in [0.29, 0.717) is 6.61 Å². The predicted molar refractivity (Wildman–Crippen MR) is 79.3 cm³/mol. The highest BCUT2D eigenvalue weighted by Gasteiger charge is 2.07. The number of hydrogen-bond acceptors (Lipinski definition) is 3. The van der Waals surface area contributed by atoms with Crippen LogP contribution in [0.25, 0.3) is 5.69 Å². The Balaban J connectivity index is 2.25. The normalized spacial score (nSPS) is 10.6. The molecule has 1 heterocycles. The van der Waals surface area contributed by atoms with Crippen LogP contribution in [0.4, 0.5) is 5.95 Å². The molecule has 0 amide bonds. The molecule has 0 atom stereocenters. The first-order valence-electron chi connectivity index (χ1n) is 5.44. The highest BCUT2D eigenvalue weighted by Crippen LogP contribution is 2.26. The predicted octanol–water partition coefficient (Wildman–Crippen LogP) is 3.46. The van der Waals surface area contributed by atoms with Gasteiger partial charge in [0, 0.05) is 35.0 Å². The van der Waals surface area contributed by atoms with Gasteiger partial charge in [-0.15, -0.1) is 0 Å². The van der Waals surface area contributed by atoms with E-state index in [1.165, 1.54) is 0 Å². The first-order valence-corrected chi connectivity index (χ1v) is 7.02. The van der Waals surface area contributed by atoms with Crippen molar-refractivity contribution in [3.8, 4) is 5.69 Å². The molecule has 0 aliphatic carbocycles. The van der Waals surface area contributed by atoms with Crippen molar-refractivity contribution in [2.24, 2.45) is 0 Å². The van der Waals surface area contributed by atoms with Crippen molar-refractivity contribution in [3.63, 3.8) is 0 Å². The lowest BCUT2D eigenvalue weighted by molar-refractivity contribution is 0.210. The number of imidazole rings is 1. The quantitative estimate of drug-likeness (QED) is 0.814. The highest BCUT2D eigenvalue weighted by atomic mass is 79.9. The Morgan fingerprint density at radius 1 is 1.39 bits per heavy atom. The van der Waals surface area contributed by atoms with E-state index in [9.17, 15) is 0 Å². The summed E-state index contributed by atoms with van der Waals surface area (Å²) < 4.78 is 9.04. The fraction of sp³-hybridized carbons (Fsp3) is 0.250. The maximum atomic E-state index is 5.01. The van der Waals surface area contributed by atoms with Crippen LogP contribution in [-0.2, 0) is 4.74 Å². The van der Waals surface area contributed by atoms with Gasteiger partial charge in [-0.1, -0.05) is 15.9 Å². The lowest BCUT2D eigenvalue weighted by Gasteiger charge is -2.11. The Hall–Kier alpha value is -0.850. The number of rotatable bonds is 5. The van der Waals surface area contributed by atoms with Gasteiger partial charge < -0.3 is 10.1 Å². The molecule has 2 aromatic rings. The second kappa shape index (κ2) is 6.36. The molecule has 96 valence electrons. The van der Waals surface area contributed by atoms with E-state index < -0.39 is 0 Å². The number of benzene rings is 1. The first-order chi connectivity index (χ1) is 8.72. The molecule has 1 aromatic heterocycles. The van der Waals surface area contributed by atoms with Crippen LogP contribution in [0.3, 0.4) is 0 Å². The number of ether oxygens (including phenoxy) is 1. The highest BCUT2D eigenvalue weighted by molar-refractivity contribution is 9.11. The molecule has 0 fully saturated rings. The molecule has 6 heteroatoms. The molecule has 0 saturated carbocycles. The van der Waals surface area contributed by atoms with Crippen molar-refractivity contribution in [1.82, 2.24) is 9.55 Å². The van der Waals surface area contributed by atoms with Gasteiger partial charge in [-0.05, 0) is 34.1 Å². The third kappa shape index (κ3) is 3.13. The Kier molecular flexibility index (Phi) is 4.79. The molecule has 0 unspecified atom stereocenters. The SMILES string of the molecule is COCCNc1nccn1-c1ccc(Br)cc1Br. The van der Waals surface area contributed by atoms with Crippen molar-refractivity contribution in [3.05, 3.63) is 39.5 Å². The fourth-order valence-electron chi connectivity index (χ4n) is 1.57. The Bertz CT molecular complexity index is 528. The van der Waals surface area contributed by atoms with Gasteiger partial charge >= 0.3 is 0 Å². The first kappa shape index (κ1) is 13.6. The summed E-state index contributed by atoms with van der Waals surface area (Å²) in [7, 11) is 1.68. The molecule has 0 aliphatic rings. The number of aromatic nitrogens is 2. The van der Waals surface area contributed by atoms with E-state index >= 15 is 0 Å². The third-order valence-electron chi connectivity index (χ3n) is 2.40. The zero-order valence-electron chi connectivity index (χ0n) is 9.86. The van der Waals surface area contributed by atoms with Gasteiger partial charge in [0.2, 0.25) is 5.95 Å². The topological polar surface area (TPSA) is 39.1 Å². The molecule has 0 spiro atoms. The Morgan fingerprint density at radius 3 is 2.94 bits per heavy atom. The van der Waals surface area contributed by atoms with Gasteiger partial charge in [0.05, 0.1) is 12.3 Å². The van der Waals surface area contributed by atoms with Crippen molar-refractivity contribution in [2.45, 2.75) is 0 Å². The molecular formula is C12H13Br2N3O. The summed E-state index contributed by atoms with van der Waals surface area (Å²) in [4.78, 5) is 4.29. The minimum Gasteiger partial charge on any atom is -0.383 e. The zero-order valence-corrected chi connectivity index (χ0v) is 13.0. The molecule has 4 nitrogen and oxygen atoms in total. The number of hydrogen-bond donors (Lipinski definition) is 1. The van der Waals surface area contributed by atoms with Crippen LogP contribution in [0.5, 0.6) is 0 Å². The molecule has 18 heavy (non-hydrogen) atoms. The van der Waals surface area contributed by atoms with Crippen molar-refractivity contribution >= 4 is 37.8 Å². The zero-order chi connectivity index (χ0) is 13.0. The van der Waals surface area contributed by atoms with Crippen LogP contribution in [0, 0.1) is 0 Å². The van der Waals surface area contributed by atoms with E-state index in [2.05, 4.69) is 42.2 Å². The fourth-order valence-corrected chi connectivity index (χ4v) is 2.81. The van der Waals surface area contributed by atoms with Crippen LogP contribution >= 0.6 is 31.9 Å². The largest absolute Gasteiger partial charge is 0.383 e. The molecule has 0 aliphatic heterocycles. The average molecular weight is 375 g/mol. The van der Waals surface area contributed by atoms with E-state index in [4.69, 9.17) is 4.74 Å². The van der Waals surface area contributed by atoms with Crippen LogP contribution < -0.4 is 5.32 Å². The van der Waals surface area contributed by atoms with Crippen molar-refractivity contribution < 1.29 is 4.74 Å². The van der Waals surface area contributed by atoms with Crippen LogP contribution in [-0.4, -0.2) is 29.8 Å². The average Bonchev–Trinajstić information content (AvgIpc) is 2.78.